The number of ether oxygens (including phenoxy) is 1. The van der Waals surface area contributed by atoms with Gasteiger partial charge in [0.1, 0.15) is 11.9 Å². The minimum Gasteiger partial charge on any atom is -0.369 e. The van der Waals surface area contributed by atoms with Crippen LogP contribution in [0.25, 0.3) is 11.3 Å². The number of rotatable bonds is 4. The van der Waals surface area contributed by atoms with Crippen molar-refractivity contribution < 1.29 is 9.13 Å². The summed E-state index contributed by atoms with van der Waals surface area (Å²) >= 11 is 0. The zero-order valence-corrected chi connectivity index (χ0v) is 13.0. The molecule has 1 aliphatic heterocycles. The lowest BCUT2D eigenvalue weighted by Crippen LogP contribution is -2.39. The quantitative estimate of drug-likeness (QED) is 0.869. The molecule has 2 aromatic rings. The molecule has 4 nitrogen and oxygen atoms in total. The second-order valence-corrected chi connectivity index (χ2v) is 6.37. The van der Waals surface area contributed by atoms with Gasteiger partial charge in [0.25, 0.3) is 0 Å². The normalized spacial score (nSPS) is 22.2. The van der Waals surface area contributed by atoms with E-state index < -0.39 is 0 Å². The van der Waals surface area contributed by atoms with Crippen molar-refractivity contribution >= 4 is 0 Å². The van der Waals surface area contributed by atoms with Gasteiger partial charge in [-0.3, -0.25) is 9.88 Å². The van der Waals surface area contributed by atoms with E-state index in [1.54, 1.807) is 30.6 Å². The Morgan fingerprint density at radius 1 is 1.22 bits per heavy atom. The average molecular weight is 313 g/mol. The van der Waals surface area contributed by atoms with Crippen LogP contribution in [0.2, 0.25) is 0 Å². The Morgan fingerprint density at radius 3 is 2.91 bits per heavy atom. The van der Waals surface area contributed by atoms with Crippen molar-refractivity contribution in [3.05, 3.63) is 48.2 Å². The van der Waals surface area contributed by atoms with E-state index in [-0.39, 0.29) is 11.9 Å². The summed E-state index contributed by atoms with van der Waals surface area (Å²) in [5.41, 5.74) is 1.82. The highest BCUT2D eigenvalue weighted by Crippen LogP contribution is 2.31. The Morgan fingerprint density at radius 2 is 2.09 bits per heavy atom. The second-order valence-electron chi connectivity index (χ2n) is 6.37. The predicted octanol–water partition coefficient (Wildman–Crippen LogP) is 3.07. The van der Waals surface area contributed by atoms with Gasteiger partial charge in [-0.25, -0.2) is 9.37 Å². The Hall–Kier alpha value is -1.85. The molecule has 1 saturated heterocycles. The molecule has 1 atom stereocenters. The van der Waals surface area contributed by atoms with E-state index in [1.807, 2.05) is 0 Å². The van der Waals surface area contributed by atoms with Crippen molar-refractivity contribution in [2.75, 3.05) is 26.2 Å². The Labute approximate surface area is 135 Å². The van der Waals surface area contributed by atoms with Crippen LogP contribution in [0.1, 0.15) is 24.6 Å². The molecule has 4 rings (SSSR count). The number of hydrogen-bond donors (Lipinski definition) is 0. The first-order valence-corrected chi connectivity index (χ1v) is 8.20. The summed E-state index contributed by atoms with van der Waals surface area (Å²) in [6, 6.07) is 6.65. The maximum absolute atomic E-state index is 14.0. The third-order valence-electron chi connectivity index (χ3n) is 4.50. The third-order valence-corrected chi connectivity index (χ3v) is 4.50. The molecular weight excluding hydrogens is 293 g/mol. The van der Waals surface area contributed by atoms with E-state index in [0.717, 1.165) is 31.2 Å². The number of nitrogens with zero attached hydrogens (tertiary/aromatic N) is 3. The average Bonchev–Trinajstić information content (AvgIpc) is 3.40. The van der Waals surface area contributed by atoms with Crippen LogP contribution >= 0.6 is 0 Å². The van der Waals surface area contributed by atoms with Crippen molar-refractivity contribution in [2.24, 2.45) is 5.92 Å². The lowest BCUT2D eigenvalue weighted by Gasteiger charge is -2.32. The highest BCUT2D eigenvalue weighted by molar-refractivity contribution is 5.58. The van der Waals surface area contributed by atoms with Gasteiger partial charge in [0.2, 0.25) is 0 Å². The van der Waals surface area contributed by atoms with E-state index in [0.29, 0.717) is 17.9 Å². The van der Waals surface area contributed by atoms with Gasteiger partial charge in [0.05, 0.1) is 30.4 Å². The van der Waals surface area contributed by atoms with Crippen molar-refractivity contribution in [2.45, 2.75) is 18.9 Å². The SMILES string of the molecule is Fc1ccccc1-c1cncc([C@H]2CN(CC3CC3)CCO2)n1. The summed E-state index contributed by atoms with van der Waals surface area (Å²) < 4.78 is 19.8. The number of hydrogen-bond acceptors (Lipinski definition) is 4. The van der Waals surface area contributed by atoms with Crippen molar-refractivity contribution in [1.82, 2.24) is 14.9 Å². The zero-order chi connectivity index (χ0) is 15.6. The first-order valence-electron chi connectivity index (χ1n) is 8.20. The van der Waals surface area contributed by atoms with E-state index in [2.05, 4.69) is 14.9 Å². The summed E-state index contributed by atoms with van der Waals surface area (Å²) in [7, 11) is 0. The van der Waals surface area contributed by atoms with Crippen LogP contribution in [0.3, 0.4) is 0 Å². The number of morpholine rings is 1. The van der Waals surface area contributed by atoms with Gasteiger partial charge < -0.3 is 4.74 Å². The van der Waals surface area contributed by atoms with E-state index >= 15 is 0 Å². The molecule has 0 N–H and O–H groups in total. The van der Waals surface area contributed by atoms with Gasteiger partial charge >= 0.3 is 0 Å². The van der Waals surface area contributed by atoms with E-state index in [1.165, 1.54) is 18.9 Å². The molecule has 2 aliphatic rings. The predicted molar refractivity (Wildman–Crippen MR) is 85.3 cm³/mol. The van der Waals surface area contributed by atoms with Crippen molar-refractivity contribution in [1.29, 1.82) is 0 Å². The fourth-order valence-electron chi connectivity index (χ4n) is 3.05. The molecule has 0 spiro atoms. The van der Waals surface area contributed by atoms with Crippen molar-refractivity contribution in [3.8, 4) is 11.3 Å². The molecular formula is C18H20FN3O. The zero-order valence-electron chi connectivity index (χ0n) is 13.0. The monoisotopic (exact) mass is 313 g/mol. The van der Waals surface area contributed by atoms with Crippen LogP contribution in [0.4, 0.5) is 4.39 Å². The Bertz CT molecular complexity index is 689. The van der Waals surface area contributed by atoms with Gasteiger partial charge in [-0.1, -0.05) is 12.1 Å². The van der Waals surface area contributed by atoms with Gasteiger partial charge in [0, 0.05) is 25.2 Å². The fourth-order valence-corrected chi connectivity index (χ4v) is 3.05. The molecule has 0 radical (unpaired) electrons. The fraction of sp³-hybridized carbons (Fsp3) is 0.444. The lowest BCUT2D eigenvalue weighted by molar-refractivity contribution is -0.0335. The van der Waals surface area contributed by atoms with Crippen LogP contribution in [0.5, 0.6) is 0 Å². The number of halogens is 1. The van der Waals surface area contributed by atoms with Gasteiger partial charge in [-0.15, -0.1) is 0 Å². The van der Waals surface area contributed by atoms with Crippen LogP contribution in [0.15, 0.2) is 36.7 Å². The first-order chi connectivity index (χ1) is 11.3. The molecule has 120 valence electrons. The standard InChI is InChI=1S/C18H20FN3O/c19-15-4-2-1-3-14(15)16-9-20-10-17(21-16)18-12-22(7-8-23-18)11-13-5-6-13/h1-4,9-10,13,18H,5-8,11-12H2/t18-/m1/s1. The Kier molecular flexibility index (Phi) is 4.06. The lowest BCUT2D eigenvalue weighted by atomic mass is 10.1. The largest absolute Gasteiger partial charge is 0.369 e. The maximum atomic E-state index is 14.0. The number of aromatic nitrogens is 2. The van der Waals surface area contributed by atoms with Crippen LogP contribution in [-0.4, -0.2) is 41.1 Å². The van der Waals surface area contributed by atoms with E-state index in [4.69, 9.17) is 4.74 Å². The summed E-state index contributed by atoms with van der Waals surface area (Å²) in [6.45, 7) is 3.68. The minimum absolute atomic E-state index is 0.0817. The molecule has 1 aliphatic carbocycles. The van der Waals surface area contributed by atoms with Gasteiger partial charge in [0.15, 0.2) is 0 Å². The van der Waals surface area contributed by atoms with Crippen LogP contribution < -0.4 is 0 Å². The summed E-state index contributed by atoms with van der Waals surface area (Å²) in [5, 5.41) is 0. The molecule has 0 bridgehead atoms. The molecule has 1 aromatic heterocycles. The first kappa shape index (κ1) is 14.7. The third kappa shape index (κ3) is 3.41. The highest BCUT2D eigenvalue weighted by Gasteiger charge is 2.29. The van der Waals surface area contributed by atoms with Gasteiger partial charge in [-0.05, 0) is 30.9 Å². The molecule has 1 saturated carbocycles. The molecule has 1 aromatic carbocycles. The molecule has 23 heavy (non-hydrogen) atoms. The van der Waals surface area contributed by atoms with E-state index in [9.17, 15) is 4.39 Å². The molecule has 5 heteroatoms. The minimum atomic E-state index is -0.279. The topological polar surface area (TPSA) is 38.2 Å². The van der Waals surface area contributed by atoms with Crippen molar-refractivity contribution in [3.63, 3.8) is 0 Å². The summed E-state index contributed by atoms with van der Waals surface area (Å²) in [4.78, 5) is 11.3. The molecule has 2 fully saturated rings. The second kappa shape index (κ2) is 6.34. The van der Waals surface area contributed by atoms with Gasteiger partial charge in [-0.2, -0.15) is 0 Å². The highest BCUT2D eigenvalue weighted by atomic mass is 19.1. The van der Waals surface area contributed by atoms with Crippen LogP contribution in [0, 0.1) is 11.7 Å². The number of benzene rings is 1. The molecule has 2 heterocycles. The summed E-state index contributed by atoms with van der Waals surface area (Å²) in [5.74, 6) is 0.587. The smallest absolute Gasteiger partial charge is 0.132 e. The molecule has 0 unspecified atom stereocenters. The van der Waals surface area contributed by atoms with Crippen LogP contribution in [-0.2, 0) is 4.74 Å². The summed E-state index contributed by atoms with van der Waals surface area (Å²) in [6.07, 6.45) is 5.96. The maximum Gasteiger partial charge on any atom is 0.132 e. The molecule has 0 amide bonds. The Balaban J connectivity index is 1.54.